The molecule has 0 saturated heterocycles. The van der Waals surface area contributed by atoms with Crippen LogP contribution in [0.25, 0.3) is 10.9 Å². The Labute approximate surface area is 141 Å². The average Bonchev–Trinajstić information content (AvgIpc) is 2.94. The fourth-order valence-electron chi connectivity index (χ4n) is 2.68. The largest absolute Gasteiger partial charge is 0.357 e. The molecule has 7 heteroatoms. The van der Waals surface area contributed by atoms with E-state index < -0.39 is 9.84 Å². The first-order chi connectivity index (χ1) is 11.4. The number of likely N-dealkylation sites (N-methyl/N-ethyl adjacent to an activating group) is 1. The summed E-state index contributed by atoms with van der Waals surface area (Å²) in [6, 6.07) is 10.3. The van der Waals surface area contributed by atoms with E-state index in [-0.39, 0.29) is 4.90 Å². The third kappa shape index (κ3) is 3.26. The van der Waals surface area contributed by atoms with Gasteiger partial charge in [-0.1, -0.05) is 18.2 Å². The number of nitrogens with zero attached hydrogens (tertiary/aromatic N) is 4. The smallest absolute Gasteiger partial charge is 0.180 e. The van der Waals surface area contributed by atoms with Crippen LogP contribution in [0.1, 0.15) is 5.82 Å². The van der Waals surface area contributed by atoms with E-state index in [0.29, 0.717) is 18.2 Å². The molecule has 0 amide bonds. The Bertz CT molecular complexity index is 979. The van der Waals surface area contributed by atoms with Crippen molar-refractivity contribution in [3.63, 3.8) is 0 Å². The van der Waals surface area contributed by atoms with E-state index in [0.717, 1.165) is 12.1 Å². The lowest BCUT2D eigenvalue weighted by Gasteiger charge is -2.21. The molecule has 0 bridgehead atoms. The Morgan fingerprint density at radius 3 is 2.71 bits per heavy atom. The van der Waals surface area contributed by atoms with E-state index in [4.69, 9.17) is 0 Å². The van der Waals surface area contributed by atoms with Crippen molar-refractivity contribution >= 4 is 26.6 Å². The van der Waals surface area contributed by atoms with Gasteiger partial charge in [0.05, 0.1) is 6.20 Å². The number of fused-ring (bicyclic) bond motifs is 1. The maximum atomic E-state index is 12.0. The molecule has 0 fully saturated rings. The van der Waals surface area contributed by atoms with Gasteiger partial charge in [0.2, 0.25) is 0 Å². The summed E-state index contributed by atoms with van der Waals surface area (Å²) in [5.41, 5.74) is 1.16. The van der Waals surface area contributed by atoms with Gasteiger partial charge in [0, 0.05) is 38.1 Å². The number of aromatic nitrogens is 3. The molecule has 0 aliphatic rings. The summed E-state index contributed by atoms with van der Waals surface area (Å²) >= 11 is 0. The van der Waals surface area contributed by atoms with Crippen molar-refractivity contribution in [3.05, 3.63) is 48.5 Å². The van der Waals surface area contributed by atoms with Crippen molar-refractivity contribution in [2.45, 2.75) is 18.4 Å². The Hall–Kier alpha value is -2.41. The summed E-state index contributed by atoms with van der Waals surface area (Å²) in [6.07, 6.45) is 4.60. The number of rotatable bonds is 5. The maximum Gasteiger partial charge on any atom is 0.180 e. The number of benzene rings is 1. The zero-order chi connectivity index (χ0) is 17.3. The van der Waals surface area contributed by atoms with Crippen LogP contribution >= 0.6 is 0 Å². The summed E-state index contributed by atoms with van der Waals surface area (Å²) in [5.74, 6) is 0.997. The van der Waals surface area contributed by atoms with E-state index in [2.05, 4.69) is 32.7 Å². The highest BCUT2D eigenvalue weighted by Gasteiger charge is 2.19. The van der Waals surface area contributed by atoms with Crippen molar-refractivity contribution in [1.82, 2.24) is 14.5 Å². The van der Waals surface area contributed by atoms with Gasteiger partial charge >= 0.3 is 0 Å². The Balaban J connectivity index is 1.85. The second-order valence-corrected chi connectivity index (χ2v) is 7.85. The molecule has 0 radical (unpaired) electrons. The van der Waals surface area contributed by atoms with Gasteiger partial charge in [-0.3, -0.25) is 0 Å². The molecule has 3 aromatic rings. The Morgan fingerprint density at radius 2 is 1.96 bits per heavy atom. The van der Waals surface area contributed by atoms with Gasteiger partial charge < -0.3 is 9.47 Å². The molecule has 24 heavy (non-hydrogen) atoms. The molecular formula is C17H20N4O2S. The second kappa shape index (κ2) is 6.24. The van der Waals surface area contributed by atoms with Crippen LogP contribution in [0.3, 0.4) is 0 Å². The minimum atomic E-state index is -3.38. The summed E-state index contributed by atoms with van der Waals surface area (Å²) < 4.78 is 26.1. The number of aryl methyl sites for hydroxylation is 1. The first kappa shape index (κ1) is 16.4. The van der Waals surface area contributed by atoms with Crippen LogP contribution in [0.5, 0.6) is 0 Å². The van der Waals surface area contributed by atoms with Crippen molar-refractivity contribution < 1.29 is 8.42 Å². The third-order valence-corrected chi connectivity index (χ3v) is 5.06. The van der Waals surface area contributed by atoms with Crippen molar-refractivity contribution in [2.75, 3.05) is 24.7 Å². The number of anilines is 1. The molecule has 0 saturated carbocycles. The molecule has 1 aromatic carbocycles. The van der Waals surface area contributed by atoms with Gasteiger partial charge in [0.15, 0.2) is 15.7 Å². The van der Waals surface area contributed by atoms with E-state index in [1.165, 1.54) is 17.8 Å². The topological polar surface area (TPSA) is 68.1 Å². The number of hydrogen-bond donors (Lipinski definition) is 0. The van der Waals surface area contributed by atoms with E-state index in [1.54, 1.807) is 6.92 Å². The fraction of sp³-hybridized carbons (Fsp3) is 0.294. The molecule has 0 aliphatic carbocycles. The predicted octanol–water partition coefficient (Wildman–Crippen LogP) is 2.28. The van der Waals surface area contributed by atoms with Crippen LogP contribution in [0.2, 0.25) is 0 Å². The number of para-hydroxylation sites is 1. The number of sulfone groups is 1. The first-order valence-corrected chi connectivity index (χ1v) is 9.54. The van der Waals surface area contributed by atoms with Crippen molar-refractivity contribution in [2.24, 2.45) is 0 Å². The van der Waals surface area contributed by atoms with Crippen LogP contribution < -0.4 is 4.90 Å². The molecule has 2 heterocycles. The SMILES string of the molecule is Cc1ncc(S(C)(=O)=O)c(N(C)CCn2ccc3ccccc32)n1. The van der Waals surface area contributed by atoms with Gasteiger partial charge in [-0.15, -0.1) is 0 Å². The maximum absolute atomic E-state index is 12.0. The minimum Gasteiger partial charge on any atom is -0.357 e. The van der Waals surface area contributed by atoms with Gasteiger partial charge in [-0.05, 0) is 24.4 Å². The second-order valence-electron chi connectivity index (χ2n) is 5.87. The highest BCUT2D eigenvalue weighted by Crippen LogP contribution is 2.22. The molecule has 0 unspecified atom stereocenters. The van der Waals surface area contributed by atoms with Crippen LogP contribution in [-0.4, -0.2) is 42.8 Å². The normalized spacial score (nSPS) is 11.8. The Morgan fingerprint density at radius 1 is 1.21 bits per heavy atom. The summed E-state index contributed by atoms with van der Waals surface area (Å²) in [7, 11) is -1.53. The number of hydrogen-bond acceptors (Lipinski definition) is 5. The van der Waals surface area contributed by atoms with Crippen LogP contribution in [0.4, 0.5) is 5.82 Å². The van der Waals surface area contributed by atoms with E-state index in [9.17, 15) is 8.42 Å². The molecular weight excluding hydrogens is 324 g/mol. The lowest BCUT2D eigenvalue weighted by Crippen LogP contribution is -2.25. The standard InChI is InChI=1S/C17H20N4O2S/c1-13-18-12-16(24(3,22)23)17(19-13)20(2)10-11-21-9-8-14-6-4-5-7-15(14)21/h4-9,12H,10-11H2,1-3H3. The predicted molar refractivity (Wildman–Crippen MR) is 95.1 cm³/mol. The molecule has 0 spiro atoms. The highest BCUT2D eigenvalue weighted by molar-refractivity contribution is 7.90. The monoisotopic (exact) mass is 344 g/mol. The van der Waals surface area contributed by atoms with Gasteiger partial charge in [0.1, 0.15) is 10.7 Å². The molecule has 0 N–H and O–H groups in total. The molecule has 6 nitrogen and oxygen atoms in total. The van der Waals surface area contributed by atoms with Gasteiger partial charge in [-0.2, -0.15) is 0 Å². The van der Waals surface area contributed by atoms with Gasteiger partial charge in [0.25, 0.3) is 0 Å². The average molecular weight is 344 g/mol. The fourth-order valence-corrected chi connectivity index (χ4v) is 3.46. The minimum absolute atomic E-state index is 0.160. The van der Waals surface area contributed by atoms with Gasteiger partial charge in [-0.25, -0.2) is 18.4 Å². The molecule has 2 aromatic heterocycles. The molecule has 3 rings (SSSR count). The molecule has 0 aliphatic heterocycles. The van der Waals surface area contributed by atoms with Crippen LogP contribution in [-0.2, 0) is 16.4 Å². The van der Waals surface area contributed by atoms with E-state index >= 15 is 0 Å². The lowest BCUT2D eigenvalue weighted by atomic mass is 10.2. The van der Waals surface area contributed by atoms with Crippen LogP contribution in [0.15, 0.2) is 47.6 Å². The Kier molecular flexibility index (Phi) is 4.28. The lowest BCUT2D eigenvalue weighted by molar-refractivity contribution is 0.599. The van der Waals surface area contributed by atoms with Crippen molar-refractivity contribution in [1.29, 1.82) is 0 Å². The summed E-state index contributed by atoms with van der Waals surface area (Å²) in [6.45, 7) is 3.12. The van der Waals surface area contributed by atoms with Crippen molar-refractivity contribution in [3.8, 4) is 0 Å². The van der Waals surface area contributed by atoms with E-state index in [1.807, 2.05) is 30.3 Å². The molecule has 0 atom stereocenters. The zero-order valence-corrected chi connectivity index (χ0v) is 14.8. The van der Waals surface area contributed by atoms with Crippen LogP contribution in [0, 0.1) is 6.92 Å². The first-order valence-electron chi connectivity index (χ1n) is 7.65. The summed E-state index contributed by atoms with van der Waals surface area (Å²) in [5, 5.41) is 1.19. The zero-order valence-electron chi connectivity index (χ0n) is 14.0. The quantitative estimate of drug-likeness (QED) is 0.710. The molecule has 126 valence electrons. The highest BCUT2D eigenvalue weighted by atomic mass is 32.2. The summed E-state index contributed by atoms with van der Waals surface area (Å²) in [4.78, 5) is 10.4. The third-order valence-electron chi connectivity index (χ3n) is 3.97.